The molecule has 0 aromatic heterocycles. The molecule has 0 spiro atoms. The summed E-state index contributed by atoms with van der Waals surface area (Å²) >= 11 is 15.3. The minimum Gasteiger partial charge on any atom is -0.333 e. The van der Waals surface area contributed by atoms with Crippen molar-refractivity contribution in [2.24, 2.45) is 11.8 Å². The van der Waals surface area contributed by atoms with Crippen LogP contribution in [0.15, 0.2) is 27.1 Å². The van der Waals surface area contributed by atoms with Gasteiger partial charge in [-0.15, -0.1) is 11.8 Å². The first-order valence-corrected chi connectivity index (χ1v) is 12.3. The number of nitrogens with zero attached hydrogens (tertiary/aromatic N) is 1. The lowest BCUT2D eigenvalue weighted by Crippen LogP contribution is -2.49. The highest BCUT2D eigenvalue weighted by molar-refractivity contribution is 9.11. The number of anilines is 1. The monoisotopic (exact) mass is 518 g/mol. The number of hydrogen-bond donors (Lipinski definition) is 1. The van der Waals surface area contributed by atoms with Crippen LogP contribution in [0.1, 0.15) is 53.4 Å². The number of halogens is 2. The summed E-state index contributed by atoms with van der Waals surface area (Å²) < 4.78 is 2.32. The van der Waals surface area contributed by atoms with Crippen LogP contribution in [0.3, 0.4) is 0 Å². The normalized spacial score (nSPS) is 28.7. The predicted molar refractivity (Wildman–Crippen MR) is 126 cm³/mol. The molecule has 2 atom stereocenters. The van der Waals surface area contributed by atoms with E-state index in [0.717, 1.165) is 32.2 Å². The van der Waals surface area contributed by atoms with Crippen molar-refractivity contribution in [2.45, 2.75) is 63.0 Å². The van der Waals surface area contributed by atoms with Gasteiger partial charge in [0.25, 0.3) is 0 Å². The molecule has 26 heavy (non-hydrogen) atoms. The lowest BCUT2D eigenvalue weighted by Gasteiger charge is -2.40. The van der Waals surface area contributed by atoms with Gasteiger partial charge >= 0.3 is 0 Å². The molecule has 0 bridgehead atoms. The second kappa shape index (κ2) is 7.92. The Balaban J connectivity index is 1.90. The van der Waals surface area contributed by atoms with Crippen LogP contribution in [0, 0.1) is 11.8 Å². The topological polar surface area (TPSA) is 15.3 Å². The minimum atomic E-state index is 0.154. The van der Waals surface area contributed by atoms with Gasteiger partial charge in [-0.2, -0.15) is 0 Å². The smallest absolute Gasteiger partial charge is 0.174 e. The fraction of sp³-hybridized carbons (Fsp3) is 0.650. The molecule has 2 unspecified atom stereocenters. The second-order valence-corrected chi connectivity index (χ2v) is 12.2. The van der Waals surface area contributed by atoms with Crippen LogP contribution in [0.2, 0.25) is 0 Å². The van der Waals surface area contributed by atoms with Gasteiger partial charge in [0.15, 0.2) is 5.11 Å². The van der Waals surface area contributed by atoms with E-state index in [0.29, 0.717) is 5.92 Å². The van der Waals surface area contributed by atoms with Crippen LogP contribution in [-0.2, 0) is 0 Å². The van der Waals surface area contributed by atoms with E-state index in [1.807, 2.05) is 6.07 Å². The molecular formula is C20H28Br2N2S2. The summed E-state index contributed by atoms with van der Waals surface area (Å²) in [4.78, 5) is 2.68. The Bertz CT molecular complexity index is 672. The molecule has 1 aliphatic carbocycles. The number of nitrogens with one attached hydrogen (secondary N) is 1. The van der Waals surface area contributed by atoms with Crippen LogP contribution in [0.5, 0.6) is 0 Å². The predicted octanol–water partition coefficient (Wildman–Crippen LogP) is 7.28. The summed E-state index contributed by atoms with van der Waals surface area (Å²) in [6.07, 6.45) is 5.07. The molecule has 3 rings (SSSR count). The maximum Gasteiger partial charge on any atom is 0.174 e. The van der Waals surface area contributed by atoms with E-state index in [1.165, 1.54) is 25.7 Å². The van der Waals surface area contributed by atoms with Gasteiger partial charge in [0, 0.05) is 25.9 Å². The average Bonchev–Trinajstić information content (AvgIpc) is 3.32. The van der Waals surface area contributed by atoms with Gasteiger partial charge in [-0.05, 0) is 68.4 Å². The largest absolute Gasteiger partial charge is 0.333 e. The van der Waals surface area contributed by atoms with E-state index in [4.69, 9.17) is 12.2 Å². The maximum atomic E-state index is 5.95. The average molecular weight is 520 g/mol. The SMILES string of the molecule is CCCC1(C2CC2)SC(C)(C(C)C)CN1C(=S)Nc1cc(Br)cc(Br)c1. The summed E-state index contributed by atoms with van der Waals surface area (Å²) in [5, 5.41) is 4.39. The Kier molecular flexibility index (Phi) is 6.38. The Morgan fingerprint density at radius 3 is 2.42 bits per heavy atom. The molecule has 1 N–H and O–H groups in total. The molecule has 1 heterocycles. The number of benzene rings is 1. The third kappa shape index (κ3) is 4.13. The van der Waals surface area contributed by atoms with Gasteiger partial charge in [0.2, 0.25) is 0 Å². The zero-order chi connectivity index (χ0) is 19.1. The van der Waals surface area contributed by atoms with Gasteiger partial charge in [0.1, 0.15) is 0 Å². The number of thioether (sulfide) groups is 1. The first kappa shape index (κ1) is 20.9. The molecule has 6 heteroatoms. The lowest BCUT2D eigenvalue weighted by molar-refractivity contribution is 0.236. The van der Waals surface area contributed by atoms with Crippen LogP contribution >= 0.6 is 55.8 Å². The summed E-state index contributed by atoms with van der Waals surface area (Å²) in [6.45, 7) is 10.4. The first-order chi connectivity index (χ1) is 12.2. The highest BCUT2D eigenvalue weighted by Crippen LogP contribution is 2.61. The molecule has 1 saturated carbocycles. The van der Waals surface area contributed by atoms with Gasteiger partial charge in [0.05, 0.1) is 4.87 Å². The fourth-order valence-corrected chi connectivity index (χ4v) is 7.79. The molecule has 1 aromatic rings. The van der Waals surface area contributed by atoms with Crippen LogP contribution in [0.4, 0.5) is 5.69 Å². The quantitative estimate of drug-likeness (QED) is 0.411. The molecule has 2 fully saturated rings. The van der Waals surface area contributed by atoms with Crippen molar-refractivity contribution in [3.05, 3.63) is 27.1 Å². The zero-order valence-corrected chi connectivity index (χ0v) is 20.7. The van der Waals surface area contributed by atoms with Crippen molar-refractivity contribution in [1.29, 1.82) is 0 Å². The Morgan fingerprint density at radius 2 is 1.92 bits per heavy atom. The molecule has 1 aromatic carbocycles. The third-order valence-electron chi connectivity index (χ3n) is 5.74. The van der Waals surface area contributed by atoms with Crippen molar-refractivity contribution >= 4 is 66.6 Å². The summed E-state index contributed by atoms with van der Waals surface area (Å²) in [7, 11) is 0. The summed E-state index contributed by atoms with van der Waals surface area (Å²) in [5.74, 6) is 1.39. The minimum absolute atomic E-state index is 0.154. The number of rotatable bonds is 5. The lowest BCUT2D eigenvalue weighted by atomic mass is 9.95. The third-order valence-corrected chi connectivity index (χ3v) is 9.16. The van der Waals surface area contributed by atoms with Crippen molar-refractivity contribution in [3.8, 4) is 0 Å². The molecular weight excluding hydrogens is 492 g/mol. The molecule has 2 nitrogen and oxygen atoms in total. The molecule has 0 amide bonds. The van der Waals surface area contributed by atoms with E-state index >= 15 is 0 Å². The van der Waals surface area contributed by atoms with E-state index < -0.39 is 0 Å². The summed E-state index contributed by atoms with van der Waals surface area (Å²) in [6, 6.07) is 6.21. The van der Waals surface area contributed by atoms with Crippen LogP contribution < -0.4 is 5.32 Å². The highest BCUT2D eigenvalue weighted by atomic mass is 79.9. The Hall–Kier alpha value is 0.220. The van der Waals surface area contributed by atoms with E-state index in [1.54, 1.807) is 0 Å². The fourth-order valence-electron chi connectivity index (χ4n) is 3.89. The van der Waals surface area contributed by atoms with E-state index in [2.05, 4.69) is 93.7 Å². The molecule has 1 aliphatic heterocycles. The molecule has 2 aliphatic rings. The van der Waals surface area contributed by atoms with Gasteiger partial charge in [-0.1, -0.05) is 59.1 Å². The van der Waals surface area contributed by atoms with Gasteiger partial charge in [-0.25, -0.2) is 0 Å². The summed E-state index contributed by atoms with van der Waals surface area (Å²) in [5.41, 5.74) is 1.03. The van der Waals surface area contributed by atoms with Crippen molar-refractivity contribution < 1.29 is 0 Å². The Morgan fingerprint density at radius 1 is 1.31 bits per heavy atom. The molecule has 144 valence electrons. The first-order valence-electron chi connectivity index (χ1n) is 9.45. The van der Waals surface area contributed by atoms with E-state index in [-0.39, 0.29) is 9.62 Å². The van der Waals surface area contributed by atoms with Crippen molar-refractivity contribution in [3.63, 3.8) is 0 Å². The van der Waals surface area contributed by atoms with Crippen molar-refractivity contribution in [1.82, 2.24) is 4.90 Å². The highest BCUT2D eigenvalue weighted by Gasteiger charge is 2.59. The van der Waals surface area contributed by atoms with Gasteiger partial charge < -0.3 is 10.2 Å². The Labute approximate surface area is 184 Å². The maximum absolute atomic E-state index is 5.95. The van der Waals surface area contributed by atoms with E-state index in [9.17, 15) is 0 Å². The second-order valence-electron chi connectivity index (χ2n) is 8.11. The standard InChI is InChI=1S/C20H28Br2N2S2/c1-5-8-20(14-6-7-14)24(12-19(4,26-20)13(2)3)18(25)23-17-10-15(21)9-16(22)11-17/h9-11,13-14H,5-8,12H2,1-4H3,(H,23,25). The molecule has 0 radical (unpaired) electrons. The number of thiocarbonyl (C=S) groups is 1. The molecule has 1 saturated heterocycles. The van der Waals surface area contributed by atoms with Crippen LogP contribution in [-0.4, -0.2) is 26.2 Å². The van der Waals surface area contributed by atoms with Crippen LogP contribution in [0.25, 0.3) is 0 Å². The van der Waals surface area contributed by atoms with Gasteiger partial charge in [-0.3, -0.25) is 0 Å². The number of hydrogen-bond acceptors (Lipinski definition) is 2. The zero-order valence-electron chi connectivity index (χ0n) is 15.9. The van der Waals surface area contributed by atoms with Crippen molar-refractivity contribution in [2.75, 3.05) is 11.9 Å².